The van der Waals surface area contributed by atoms with Gasteiger partial charge in [0.2, 0.25) is 0 Å². The van der Waals surface area contributed by atoms with Crippen molar-refractivity contribution in [1.82, 2.24) is 9.97 Å². The third-order valence-electron chi connectivity index (χ3n) is 5.72. The molecule has 3 nitrogen and oxygen atoms in total. The predicted octanol–water partition coefficient (Wildman–Crippen LogP) is 5.16. The Hall–Kier alpha value is -1.55. The summed E-state index contributed by atoms with van der Waals surface area (Å²) in [6.07, 6.45) is 8.39. The zero-order chi connectivity index (χ0) is 17.2. The highest BCUT2D eigenvalue weighted by molar-refractivity contribution is 7.99. The average molecular weight is 355 g/mol. The van der Waals surface area contributed by atoms with Crippen LogP contribution in [0.5, 0.6) is 0 Å². The zero-order valence-corrected chi connectivity index (χ0v) is 15.7. The van der Waals surface area contributed by atoms with Gasteiger partial charge in [-0.25, -0.2) is 4.98 Å². The standard InChI is InChI=1S/C21H26N2OS/c1-2-3-12-25-21-22-19-16-11-7-6-10-15(16)13-17(14-8-4-5-9-14)18(19)20(24)23-21/h6-7,10-11,14,17H,2-5,8-9,12-13H2,1H3,(H,22,23,24). The van der Waals surface area contributed by atoms with E-state index in [1.54, 1.807) is 11.8 Å². The second kappa shape index (κ2) is 7.36. The van der Waals surface area contributed by atoms with Crippen molar-refractivity contribution in [1.29, 1.82) is 0 Å². The molecule has 4 heteroatoms. The number of aromatic amines is 1. The van der Waals surface area contributed by atoms with E-state index < -0.39 is 0 Å². The van der Waals surface area contributed by atoms with Crippen LogP contribution in [0, 0.1) is 5.92 Å². The molecule has 1 heterocycles. The summed E-state index contributed by atoms with van der Waals surface area (Å²) in [7, 11) is 0. The summed E-state index contributed by atoms with van der Waals surface area (Å²) in [5.41, 5.74) is 4.51. The summed E-state index contributed by atoms with van der Waals surface area (Å²) in [6.45, 7) is 2.19. The molecule has 4 rings (SSSR count). The van der Waals surface area contributed by atoms with Crippen molar-refractivity contribution in [2.45, 2.75) is 62.9 Å². The number of H-pyrrole nitrogens is 1. The first kappa shape index (κ1) is 16.9. The van der Waals surface area contributed by atoms with Gasteiger partial charge in [0.15, 0.2) is 5.16 Å². The molecule has 1 atom stereocenters. The molecule has 1 saturated carbocycles. The molecule has 0 saturated heterocycles. The van der Waals surface area contributed by atoms with Gasteiger partial charge < -0.3 is 4.98 Å². The SMILES string of the molecule is CCCCSc1nc2c(c(=O)[nH]1)C(C1CCCC1)Cc1ccccc1-2. The monoisotopic (exact) mass is 354 g/mol. The summed E-state index contributed by atoms with van der Waals surface area (Å²) < 4.78 is 0. The van der Waals surface area contributed by atoms with Crippen molar-refractivity contribution in [3.8, 4) is 11.3 Å². The summed E-state index contributed by atoms with van der Waals surface area (Å²) in [4.78, 5) is 21.0. The van der Waals surface area contributed by atoms with Crippen molar-refractivity contribution >= 4 is 11.8 Å². The molecule has 0 bridgehead atoms. The smallest absolute Gasteiger partial charge is 0.255 e. The zero-order valence-electron chi connectivity index (χ0n) is 14.9. The summed E-state index contributed by atoms with van der Waals surface area (Å²) in [5.74, 6) is 1.97. The van der Waals surface area contributed by atoms with Crippen LogP contribution in [0.15, 0.2) is 34.2 Å². The Morgan fingerprint density at radius 2 is 2.04 bits per heavy atom. The summed E-state index contributed by atoms with van der Waals surface area (Å²) >= 11 is 1.67. The number of fused-ring (bicyclic) bond motifs is 3. The van der Waals surface area contributed by atoms with Crippen LogP contribution in [0.1, 0.15) is 62.5 Å². The van der Waals surface area contributed by atoms with E-state index in [1.165, 1.54) is 31.2 Å². The molecule has 1 unspecified atom stereocenters. The molecule has 0 spiro atoms. The van der Waals surface area contributed by atoms with Gasteiger partial charge >= 0.3 is 0 Å². The van der Waals surface area contributed by atoms with Gasteiger partial charge in [-0.05, 0) is 43.1 Å². The number of benzene rings is 1. The quantitative estimate of drug-likeness (QED) is 0.458. The summed E-state index contributed by atoms with van der Waals surface area (Å²) in [6, 6.07) is 8.52. The van der Waals surface area contributed by atoms with Crippen LogP contribution >= 0.6 is 11.8 Å². The minimum atomic E-state index is 0.0930. The van der Waals surface area contributed by atoms with Gasteiger partial charge in [0.25, 0.3) is 5.56 Å². The molecular weight excluding hydrogens is 328 g/mol. The topological polar surface area (TPSA) is 45.8 Å². The molecule has 0 radical (unpaired) electrons. The number of nitrogens with zero attached hydrogens (tertiary/aromatic N) is 1. The Morgan fingerprint density at radius 1 is 1.24 bits per heavy atom. The lowest BCUT2D eigenvalue weighted by Crippen LogP contribution is -2.28. The van der Waals surface area contributed by atoms with Gasteiger partial charge in [0.1, 0.15) is 0 Å². The molecule has 1 aromatic carbocycles. The Kier molecular flexibility index (Phi) is 4.98. The van der Waals surface area contributed by atoms with Crippen LogP contribution in [0.4, 0.5) is 0 Å². The van der Waals surface area contributed by atoms with E-state index in [4.69, 9.17) is 4.98 Å². The maximum atomic E-state index is 13.0. The Balaban J connectivity index is 1.79. The van der Waals surface area contributed by atoms with Crippen molar-refractivity contribution < 1.29 is 0 Å². The third kappa shape index (κ3) is 3.29. The maximum Gasteiger partial charge on any atom is 0.255 e. The number of nitrogens with one attached hydrogen (secondary N) is 1. The number of hydrogen-bond acceptors (Lipinski definition) is 3. The highest BCUT2D eigenvalue weighted by atomic mass is 32.2. The number of rotatable bonds is 5. The van der Waals surface area contributed by atoms with Gasteiger partial charge in [-0.1, -0.05) is 62.2 Å². The van der Waals surface area contributed by atoms with E-state index in [-0.39, 0.29) is 5.56 Å². The fraction of sp³-hybridized carbons (Fsp3) is 0.524. The van der Waals surface area contributed by atoms with E-state index in [0.717, 1.165) is 47.0 Å². The highest BCUT2D eigenvalue weighted by Gasteiger charge is 2.35. The average Bonchev–Trinajstić information content (AvgIpc) is 3.16. The molecule has 1 aromatic heterocycles. The van der Waals surface area contributed by atoms with Crippen LogP contribution < -0.4 is 5.56 Å². The van der Waals surface area contributed by atoms with E-state index in [9.17, 15) is 4.79 Å². The van der Waals surface area contributed by atoms with Gasteiger partial charge in [0, 0.05) is 16.9 Å². The third-order valence-corrected chi connectivity index (χ3v) is 6.68. The van der Waals surface area contributed by atoms with Crippen LogP contribution in [0.3, 0.4) is 0 Å². The number of hydrogen-bond donors (Lipinski definition) is 1. The molecule has 132 valence electrons. The molecule has 0 aliphatic heterocycles. The minimum absolute atomic E-state index is 0.0930. The molecule has 2 aromatic rings. The molecule has 1 fully saturated rings. The lowest BCUT2D eigenvalue weighted by molar-refractivity contribution is 0.424. The van der Waals surface area contributed by atoms with Crippen LogP contribution in [0.2, 0.25) is 0 Å². The van der Waals surface area contributed by atoms with Gasteiger partial charge in [-0.3, -0.25) is 4.79 Å². The number of unbranched alkanes of at least 4 members (excludes halogenated alkanes) is 1. The molecular formula is C21H26N2OS. The van der Waals surface area contributed by atoms with Crippen LogP contribution in [-0.2, 0) is 6.42 Å². The Labute approximate surface area is 153 Å². The number of thioether (sulfide) groups is 1. The van der Waals surface area contributed by atoms with E-state index >= 15 is 0 Å². The second-order valence-electron chi connectivity index (χ2n) is 7.35. The largest absolute Gasteiger partial charge is 0.301 e. The predicted molar refractivity (Wildman–Crippen MR) is 104 cm³/mol. The normalized spacial score (nSPS) is 19.6. The first-order valence-corrected chi connectivity index (χ1v) is 10.6. The fourth-order valence-corrected chi connectivity index (χ4v) is 5.37. The van der Waals surface area contributed by atoms with Crippen LogP contribution in [-0.4, -0.2) is 15.7 Å². The van der Waals surface area contributed by atoms with Crippen LogP contribution in [0.25, 0.3) is 11.3 Å². The second-order valence-corrected chi connectivity index (χ2v) is 8.43. The first-order chi connectivity index (χ1) is 12.3. The lowest BCUT2D eigenvalue weighted by Gasteiger charge is -2.30. The van der Waals surface area contributed by atoms with Crippen molar-refractivity contribution in [2.75, 3.05) is 5.75 Å². The van der Waals surface area contributed by atoms with E-state index in [2.05, 4.69) is 36.2 Å². The van der Waals surface area contributed by atoms with E-state index in [1.807, 2.05) is 0 Å². The molecule has 1 N–H and O–H groups in total. The molecule has 0 amide bonds. The van der Waals surface area contributed by atoms with Gasteiger partial charge in [0.05, 0.1) is 5.69 Å². The molecule has 25 heavy (non-hydrogen) atoms. The minimum Gasteiger partial charge on any atom is -0.301 e. The highest BCUT2D eigenvalue weighted by Crippen LogP contribution is 2.45. The Morgan fingerprint density at radius 3 is 2.84 bits per heavy atom. The van der Waals surface area contributed by atoms with E-state index in [0.29, 0.717) is 11.8 Å². The van der Waals surface area contributed by atoms with Crippen molar-refractivity contribution in [2.24, 2.45) is 5.92 Å². The van der Waals surface area contributed by atoms with Gasteiger partial charge in [-0.2, -0.15) is 0 Å². The van der Waals surface area contributed by atoms with Crippen molar-refractivity contribution in [3.63, 3.8) is 0 Å². The first-order valence-electron chi connectivity index (χ1n) is 9.63. The maximum absolute atomic E-state index is 13.0. The molecule has 2 aliphatic carbocycles. The van der Waals surface area contributed by atoms with Gasteiger partial charge in [-0.15, -0.1) is 0 Å². The lowest BCUT2D eigenvalue weighted by atomic mass is 9.74. The fourth-order valence-electron chi connectivity index (χ4n) is 4.42. The summed E-state index contributed by atoms with van der Waals surface area (Å²) in [5, 5.41) is 0.777. The molecule has 2 aliphatic rings. The Bertz CT molecular complexity index is 808. The van der Waals surface area contributed by atoms with Crippen molar-refractivity contribution in [3.05, 3.63) is 45.7 Å². The number of aromatic nitrogens is 2.